The third-order valence-electron chi connectivity index (χ3n) is 4.00. The van der Waals surface area contributed by atoms with E-state index in [0.717, 1.165) is 25.9 Å². The van der Waals surface area contributed by atoms with Crippen LogP contribution in [0.1, 0.15) is 19.8 Å². The molecule has 1 saturated heterocycles. The first-order valence-electron chi connectivity index (χ1n) is 7.22. The third kappa shape index (κ3) is 3.92. The lowest BCUT2D eigenvalue weighted by Crippen LogP contribution is -2.47. The van der Waals surface area contributed by atoms with E-state index in [0.29, 0.717) is 5.69 Å². The summed E-state index contributed by atoms with van der Waals surface area (Å²) in [7, 11) is 0. The van der Waals surface area contributed by atoms with E-state index in [1.165, 1.54) is 18.2 Å². The molecule has 2 atom stereocenters. The van der Waals surface area contributed by atoms with Crippen molar-refractivity contribution in [1.29, 1.82) is 0 Å². The molecule has 0 saturated carbocycles. The Hall–Kier alpha value is -1.66. The number of anilines is 2. The average molecular weight is 295 g/mol. The largest absolute Gasteiger partial charge is 0.396 e. The number of piperidine rings is 1. The second-order valence-electron chi connectivity index (χ2n) is 5.59. The fraction of sp³-hybridized carbons (Fsp3) is 0.533. The standard InChI is InChI=1S/C15H22FN3O2/c1-10(19-6-2-3-11(8-19)9-20)15(21)18-12-4-5-13(16)14(17)7-12/h4-5,7,10-11,20H,2-3,6,8-9,17H2,1H3,(H,18,21). The number of halogens is 1. The molecule has 1 fully saturated rings. The van der Waals surface area contributed by atoms with Gasteiger partial charge in [-0.25, -0.2) is 4.39 Å². The van der Waals surface area contributed by atoms with Gasteiger partial charge in [0, 0.05) is 18.8 Å². The molecule has 1 aliphatic heterocycles. The molecule has 0 bridgehead atoms. The SMILES string of the molecule is CC(C(=O)Nc1ccc(F)c(N)c1)N1CCCC(CO)C1. The first kappa shape index (κ1) is 15.7. The summed E-state index contributed by atoms with van der Waals surface area (Å²) < 4.78 is 13.1. The Labute approximate surface area is 123 Å². The van der Waals surface area contributed by atoms with Crippen LogP contribution < -0.4 is 11.1 Å². The summed E-state index contributed by atoms with van der Waals surface area (Å²) in [5.41, 5.74) is 5.99. The first-order chi connectivity index (χ1) is 10.0. The van der Waals surface area contributed by atoms with Crippen LogP contribution in [-0.4, -0.2) is 41.7 Å². The van der Waals surface area contributed by atoms with Gasteiger partial charge < -0.3 is 16.2 Å². The maximum absolute atomic E-state index is 13.1. The molecule has 0 spiro atoms. The van der Waals surface area contributed by atoms with Crippen molar-refractivity contribution in [3.05, 3.63) is 24.0 Å². The van der Waals surface area contributed by atoms with Gasteiger partial charge in [-0.3, -0.25) is 9.69 Å². The predicted octanol–water partition coefficient (Wildman–Crippen LogP) is 1.44. The number of aliphatic hydroxyl groups excluding tert-OH is 1. The lowest BCUT2D eigenvalue weighted by molar-refractivity contribution is -0.121. The van der Waals surface area contributed by atoms with E-state index in [1.807, 2.05) is 6.92 Å². The van der Waals surface area contributed by atoms with E-state index in [2.05, 4.69) is 10.2 Å². The number of hydrogen-bond donors (Lipinski definition) is 3. The Bertz CT molecular complexity index is 510. The molecular weight excluding hydrogens is 273 g/mol. The summed E-state index contributed by atoms with van der Waals surface area (Å²) in [5, 5.41) is 12.0. The molecule has 21 heavy (non-hydrogen) atoms. The van der Waals surface area contributed by atoms with Crippen LogP contribution in [0.15, 0.2) is 18.2 Å². The molecule has 1 heterocycles. The highest BCUT2D eigenvalue weighted by Gasteiger charge is 2.27. The molecule has 1 aromatic rings. The molecule has 2 unspecified atom stereocenters. The van der Waals surface area contributed by atoms with E-state index >= 15 is 0 Å². The average Bonchev–Trinajstić information content (AvgIpc) is 2.50. The smallest absolute Gasteiger partial charge is 0.241 e. The van der Waals surface area contributed by atoms with Crippen molar-refractivity contribution in [3.63, 3.8) is 0 Å². The number of carbonyl (C=O) groups is 1. The van der Waals surface area contributed by atoms with Gasteiger partial charge in [0.1, 0.15) is 5.82 Å². The third-order valence-corrected chi connectivity index (χ3v) is 4.00. The minimum atomic E-state index is -0.497. The topological polar surface area (TPSA) is 78.6 Å². The summed E-state index contributed by atoms with van der Waals surface area (Å²) in [4.78, 5) is 14.3. The monoisotopic (exact) mass is 295 g/mol. The van der Waals surface area contributed by atoms with Crippen molar-refractivity contribution in [2.75, 3.05) is 30.7 Å². The molecule has 5 nitrogen and oxygen atoms in total. The van der Waals surface area contributed by atoms with Gasteiger partial charge >= 0.3 is 0 Å². The van der Waals surface area contributed by atoms with E-state index in [9.17, 15) is 14.3 Å². The van der Waals surface area contributed by atoms with Gasteiger partial charge in [0.2, 0.25) is 5.91 Å². The number of hydrogen-bond acceptors (Lipinski definition) is 4. The number of aliphatic hydroxyl groups is 1. The van der Waals surface area contributed by atoms with Gasteiger partial charge in [-0.1, -0.05) is 0 Å². The van der Waals surface area contributed by atoms with Crippen LogP contribution in [0.2, 0.25) is 0 Å². The van der Waals surface area contributed by atoms with Crippen LogP contribution in [0.3, 0.4) is 0 Å². The summed E-state index contributed by atoms with van der Waals surface area (Å²) in [6.07, 6.45) is 1.97. The quantitative estimate of drug-likeness (QED) is 0.734. The van der Waals surface area contributed by atoms with E-state index in [1.54, 1.807) is 0 Å². The van der Waals surface area contributed by atoms with Crippen molar-refractivity contribution in [2.24, 2.45) is 5.92 Å². The molecule has 1 amide bonds. The second kappa shape index (κ2) is 6.87. The fourth-order valence-electron chi connectivity index (χ4n) is 2.63. The molecule has 6 heteroatoms. The molecule has 0 aliphatic carbocycles. The Morgan fingerprint density at radius 2 is 2.38 bits per heavy atom. The van der Waals surface area contributed by atoms with Crippen LogP contribution >= 0.6 is 0 Å². The number of nitrogens with one attached hydrogen (secondary N) is 1. The van der Waals surface area contributed by atoms with Crippen LogP contribution in [0.25, 0.3) is 0 Å². The fourth-order valence-corrected chi connectivity index (χ4v) is 2.63. The van der Waals surface area contributed by atoms with Gasteiger partial charge in [0.15, 0.2) is 0 Å². The van der Waals surface area contributed by atoms with Gasteiger partial charge in [0.05, 0.1) is 11.7 Å². The van der Waals surface area contributed by atoms with Crippen LogP contribution in [0.5, 0.6) is 0 Å². The Morgan fingerprint density at radius 1 is 1.62 bits per heavy atom. The highest BCUT2D eigenvalue weighted by atomic mass is 19.1. The number of rotatable bonds is 4. The maximum atomic E-state index is 13.1. The molecule has 0 radical (unpaired) electrons. The second-order valence-corrected chi connectivity index (χ2v) is 5.59. The number of benzene rings is 1. The van der Waals surface area contributed by atoms with Crippen molar-refractivity contribution in [3.8, 4) is 0 Å². The summed E-state index contributed by atoms with van der Waals surface area (Å²) in [6.45, 7) is 3.55. The van der Waals surface area contributed by atoms with Gasteiger partial charge in [-0.05, 0) is 50.4 Å². The molecular formula is C15H22FN3O2. The first-order valence-corrected chi connectivity index (χ1v) is 7.22. The molecule has 116 valence electrons. The maximum Gasteiger partial charge on any atom is 0.241 e. The highest BCUT2D eigenvalue weighted by molar-refractivity contribution is 5.94. The number of nitrogens with zero attached hydrogens (tertiary/aromatic N) is 1. The molecule has 1 aromatic carbocycles. The minimum Gasteiger partial charge on any atom is -0.396 e. The van der Waals surface area contributed by atoms with Crippen molar-refractivity contribution in [1.82, 2.24) is 4.90 Å². The van der Waals surface area contributed by atoms with Gasteiger partial charge in [-0.15, -0.1) is 0 Å². The van der Waals surface area contributed by atoms with E-state index in [-0.39, 0.29) is 30.2 Å². The van der Waals surface area contributed by atoms with Crippen molar-refractivity contribution < 1.29 is 14.3 Å². The van der Waals surface area contributed by atoms with Crippen molar-refractivity contribution in [2.45, 2.75) is 25.8 Å². The van der Waals surface area contributed by atoms with Crippen LogP contribution in [0, 0.1) is 11.7 Å². The van der Waals surface area contributed by atoms with Gasteiger partial charge in [0.25, 0.3) is 0 Å². The Kier molecular flexibility index (Phi) is 5.14. The lowest BCUT2D eigenvalue weighted by atomic mass is 9.97. The van der Waals surface area contributed by atoms with E-state index < -0.39 is 5.82 Å². The Morgan fingerprint density at radius 3 is 3.05 bits per heavy atom. The number of nitrogen functional groups attached to an aromatic ring is 1. The number of nitrogens with two attached hydrogens (primary N) is 1. The van der Waals surface area contributed by atoms with Gasteiger partial charge in [-0.2, -0.15) is 0 Å². The zero-order valence-corrected chi connectivity index (χ0v) is 12.2. The molecule has 2 rings (SSSR count). The van der Waals surface area contributed by atoms with Crippen LogP contribution in [-0.2, 0) is 4.79 Å². The molecule has 1 aliphatic rings. The summed E-state index contributed by atoms with van der Waals surface area (Å²) in [5.74, 6) is -0.419. The van der Waals surface area contributed by atoms with Crippen LogP contribution in [0.4, 0.5) is 15.8 Å². The lowest BCUT2D eigenvalue weighted by Gasteiger charge is -2.35. The zero-order valence-electron chi connectivity index (χ0n) is 12.2. The molecule has 0 aromatic heterocycles. The van der Waals surface area contributed by atoms with Crippen molar-refractivity contribution >= 4 is 17.3 Å². The normalized spacial score (nSPS) is 21.0. The Balaban J connectivity index is 1.97. The van der Waals surface area contributed by atoms with E-state index in [4.69, 9.17) is 5.73 Å². The number of likely N-dealkylation sites (tertiary alicyclic amines) is 1. The number of amides is 1. The minimum absolute atomic E-state index is 0.0128. The highest BCUT2D eigenvalue weighted by Crippen LogP contribution is 2.20. The predicted molar refractivity (Wildman–Crippen MR) is 80.3 cm³/mol. The number of carbonyl (C=O) groups excluding carboxylic acids is 1. The summed E-state index contributed by atoms with van der Waals surface area (Å²) in [6, 6.07) is 3.83. The summed E-state index contributed by atoms with van der Waals surface area (Å²) >= 11 is 0. The zero-order chi connectivity index (χ0) is 15.4. The molecule has 4 N–H and O–H groups in total.